The van der Waals surface area contributed by atoms with Gasteiger partial charge < -0.3 is 25.0 Å². The van der Waals surface area contributed by atoms with Crippen molar-refractivity contribution in [1.29, 1.82) is 0 Å². The van der Waals surface area contributed by atoms with Gasteiger partial charge in [-0.05, 0) is 32.0 Å². The van der Waals surface area contributed by atoms with E-state index in [1.54, 1.807) is 21.0 Å². The van der Waals surface area contributed by atoms with Crippen molar-refractivity contribution in [1.82, 2.24) is 19.9 Å². The number of benzene rings is 1. The van der Waals surface area contributed by atoms with E-state index in [-0.39, 0.29) is 18.6 Å². The molecule has 152 valence electrons. The molecule has 1 aromatic carbocycles. The number of carbonyl (C=O) groups excluding carboxylic acids is 1. The summed E-state index contributed by atoms with van der Waals surface area (Å²) in [4.78, 5) is 21.3. The summed E-state index contributed by atoms with van der Waals surface area (Å²) in [6.45, 7) is 3.36. The molecule has 3 N–H and O–H groups in total. The summed E-state index contributed by atoms with van der Waals surface area (Å²) < 4.78 is 7.47. The molecule has 3 aromatic rings. The molecule has 0 radical (unpaired) electrons. The number of nitrogens with one attached hydrogen (secondary N) is 2. The molecule has 0 fully saturated rings. The van der Waals surface area contributed by atoms with Crippen molar-refractivity contribution in [2.75, 3.05) is 19.0 Å². The Hall–Kier alpha value is -3.13. The molecule has 0 spiro atoms. The number of rotatable bonds is 5. The highest BCUT2D eigenvalue weighted by atomic mass is 16.5. The molecule has 1 unspecified atom stereocenters. The lowest BCUT2D eigenvalue weighted by atomic mass is 10.0. The highest BCUT2D eigenvalue weighted by Crippen LogP contribution is 2.38. The second-order valence-corrected chi connectivity index (χ2v) is 8.03. The van der Waals surface area contributed by atoms with Crippen molar-refractivity contribution in [3.05, 3.63) is 47.5 Å². The number of aromatic nitrogens is 3. The molecule has 8 heteroatoms. The van der Waals surface area contributed by atoms with Crippen LogP contribution in [0.4, 0.5) is 5.82 Å². The van der Waals surface area contributed by atoms with Crippen molar-refractivity contribution in [2.24, 2.45) is 7.05 Å². The summed E-state index contributed by atoms with van der Waals surface area (Å²) in [6, 6.07) is 5.98. The van der Waals surface area contributed by atoms with Gasteiger partial charge in [0.15, 0.2) is 0 Å². The Labute approximate surface area is 168 Å². The molecule has 0 aliphatic carbocycles. The summed E-state index contributed by atoms with van der Waals surface area (Å²) in [7, 11) is 3.66. The maximum Gasteiger partial charge on any atom is 0.270 e. The summed E-state index contributed by atoms with van der Waals surface area (Å²) in [5.41, 5.74) is 2.61. The number of nitrogens with zero attached hydrogens (tertiary/aromatic N) is 3. The van der Waals surface area contributed by atoms with E-state index >= 15 is 0 Å². The van der Waals surface area contributed by atoms with Crippen LogP contribution in [0.5, 0.6) is 5.75 Å². The van der Waals surface area contributed by atoms with E-state index in [0.717, 1.165) is 27.8 Å². The van der Waals surface area contributed by atoms with Gasteiger partial charge in [-0.15, -0.1) is 0 Å². The number of hydrogen-bond donors (Lipinski definition) is 3. The van der Waals surface area contributed by atoms with Gasteiger partial charge in [-0.1, -0.05) is 0 Å². The van der Waals surface area contributed by atoms with Crippen LogP contribution in [0.1, 0.15) is 41.5 Å². The minimum atomic E-state index is -0.730. The number of aryl methyl sites for hydroxylation is 1. The number of ether oxygens (including phenoxy) is 1. The molecule has 1 aliphatic rings. The van der Waals surface area contributed by atoms with E-state index in [9.17, 15) is 9.90 Å². The second-order valence-electron chi connectivity index (χ2n) is 8.03. The lowest BCUT2D eigenvalue weighted by molar-refractivity contribution is 0.0863. The molecule has 1 aliphatic heterocycles. The van der Waals surface area contributed by atoms with Crippen molar-refractivity contribution in [3.8, 4) is 5.75 Å². The molecule has 1 amide bonds. The number of fused-ring (bicyclic) bond motifs is 2. The summed E-state index contributed by atoms with van der Waals surface area (Å²) in [5.74, 6) is 1.15. The van der Waals surface area contributed by atoms with Gasteiger partial charge in [0.05, 0.1) is 25.3 Å². The zero-order valence-electron chi connectivity index (χ0n) is 17.0. The number of anilines is 1. The van der Waals surface area contributed by atoms with Gasteiger partial charge in [0.25, 0.3) is 5.91 Å². The van der Waals surface area contributed by atoms with Gasteiger partial charge in [-0.25, -0.2) is 9.97 Å². The molecule has 3 heterocycles. The molecule has 2 aromatic heterocycles. The first kappa shape index (κ1) is 19.2. The average molecular weight is 395 g/mol. The third-order valence-corrected chi connectivity index (χ3v) is 5.33. The number of carbonyl (C=O) groups is 1. The normalized spacial score (nSPS) is 15.8. The quantitative estimate of drug-likeness (QED) is 0.612. The maximum atomic E-state index is 12.8. The number of methoxy groups -OCH3 is 1. The fraction of sp³-hybridized carbons (Fsp3) is 0.381. The molecule has 0 saturated heterocycles. The lowest BCUT2D eigenvalue weighted by Crippen LogP contribution is -2.46. The van der Waals surface area contributed by atoms with Crippen LogP contribution in [0, 0.1) is 0 Å². The summed E-state index contributed by atoms with van der Waals surface area (Å²) in [5, 5.41) is 16.8. The first-order valence-electron chi connectivity index (χ1n) is 9.49. The fourth-order valence-corrected chi connectivity index (χ4v) is 3.75. The Morgan fingerprint density at radius 3 is 2.93 bits per heavy atom. The van der Waals surface area contributed by atoms with E-state index in [0.29, 0.717) is 17.9 Å². The Morgan fingerprint density at radius 2 is 2.21 bits per heavy atom. The standard InChI is InChI=1S/C21H25N5O3/c1-21(2,10-27)25-20(28)18-14-8-16(24-19(14)23-11-22-18)15-9-26(3)17-6-5-12(29-4)7-13(15)17/h5-7,9,11,16,27H,8,10H2,1-4H3,(H,25,28)(H,22,23,24). The Balaban J connectivity index is 1.68. The maximum absolute atomic E-state index is 12.8. The van der Waals surface area contributed by atoms with Crippen LogP contribution < -0.4 is 15.4 Å². The zero-order valence-corrected chi connectivity index (χ0v) is 17.0. The van der Waals surface area contributed by atoms with Crippen LogP contribution in [0.3, 0.4) is 0 Å². The molecule has 0 bridgehead atoms. The third kappa shape index (κ3) is 3.40. The number of aliphatic hydroxyl groups is 1. The lowest BCUT2D eigenvalue weighted by Gasteiger charge is -2.23. The molecule has 0 saturated carbocycles. The number of aliphatic hydroxyl groups excluding tert-OH is 1. The Bertz CT molecular complexity index is 1090. The summed E-state index contributed by atoms with van der Waals surface area (Å²) >= 11 is 0. The SMILES string of the molecule is COc1ccc2c(c1)c(C1Cc3c(ncnc3C(=O)NC(C)(C)CO)N1)cn2C. The third-order valence-electron chi connectivity index (χ3n) is 5.33. The molecule has 4 rings (SSSR count). The van der Waals surface area contributed by atoms with Gasteiger partial charge >= 0.3 is 0 Å². The van der Waals surface area contributed by atoms with Crippen LogP contribution in [0.2, 0.25) is 0 Å². The van der Waals surface area contributed by atoms with Gasteiger partial charge in [-0.2, -0.15) is 0 Å². The molecule has 8 nitrogen and oxygen atoms in total. The van der Waals surface area contributed by atoms with Crippen LogP contribution in [0.25, 0.3) is 10.9 Å². The second kappa shape index (κ2) is 7.04. The highest BCUT2D eigenvalue weighted by Gasteiger charge is 2.32. The van der Waals surface area contributed by atoms with Gasteiger partial charge in [0, 0.05) is 41.7 Å². The van der Waals surface area contributed by atoms with E-state index in [4.69, 9.17) is 4.74 Å². The monoisotopic (exact) mass is 395 g/mol. The topological polar surface area (TPSA) is 101 Å². The predicted molar refractivity (Wildman–Crippen MR) is 110 cm³/mol. The first-order chi connectivity index (χ1) is 13.8. The fourth-order valence-electron chi connectivity index (χ4n) is 3.75. The Morgan fingerprint density at radius 1 is 1.41 bits per heavy atom. The molecule has 29 heavy (non-hydrogen) atoms. The predicted octanol–water partition coefficient (Wildman–Crippen LogP) is 2.19. The van der Waals surface area contributed by atoms with Crippen molar-refractivity contribution in [3.63, 3.8) is 0 Å². The van der Waals surface area contributed by atoms with Crippen molar-refractivity contribution >= 4 is 22.6 Å². The first-order valence-corrected chi connectivity index (χ1v) is 9.49. The van der Waals surface area contributed by atoms with Crippen molar-refractivity contribution < 1.29 is 14.6 Å². The van der Waals surface area contributed by atoms with E-state index in [1.165, 1.54) is 6.33 Å². The van der Waals surface area contributed by atoms with Crippen molar-refractivity contribution in [2.45, 2.75) is 31.8 Å². The van der Waals surface area contributed by atoms with E-state index < -0.39 is 5.54 Å². The van der Waals surface area contributed by atoms with Crippen LogP contribution >= 0.6 is 0 Å². The molecule has 1 atom stereocenters. The van der Waals surface area contributed by atoms with Gasteiger partial charge in [0.2, 0.25) is 0 Å². The minimum Gasteiger partial charge on any atom is -0.497 e. The van der Waals surface area contributed by atoms with Crippen LogP contribution in [-0.2, 0) is 13.5 Å². The Kier molecular flexibility index (Phi) is 4.66. The van der Waals surface area contributed by atoms with Gasteiger partial charge in [-0.3, -0.25) is 4.79 Å². The number of amides is 1. The van der Waals surface area contributed by atoms with E-state index in [1.807, 2.05) is 25.2 Å². The molecular formula is C21H25N5O3. The highest BCUT2D eigenvalue weighted by molar-refractivity contribution is 5.96. The van der Waals surface area contributed by atoms with Crippen LogP contribution in [0.15, 0.2) is 30.7 Å². The smallest absolute Gasteiger partial charge is 0.270 e. The van der Waals surface area contributed by atoms with Crippen LogP contribution in [-0.4, -0.2) is 44.8 Å². The van der Waals surface area contributed by atoms with E-state index in [2.05, 4.69) is 31.4 Å². The minimum absolute atomic E-state index is 0.0325. The van der Waals surface area contributed by atoms with Gasteiger partial charge in [0.1, 0.15) is 23.6 Å². The molecular weight excluding hydrogens is 370 g/mol. The average Bonchev–Trinajstić information content (AvgIpc) is 3.28. The number of hydrogen-bond acceptors (Lipinski definition) is 6. The summed E-state index contributed by atoms with van der Waals surface area (Å²) in [6.07, 6.45) is 4.08. The zero-order chi connectivity index (χ0) is 20.8. The largest absolute Gasteiger partial charge is 0.497 e.